The maximum absolute atomic E-state index is 12.3. The lowest BCUT2D eigenvalue weighted by Crippen LogP contribution is -2.36. The van der Waals surface area contributed by atoms with Gasteiger partial charge in [0.05, 0.1) is 19.7 Å². The molecule has 1 rings (SSSR count). The van der Waals surface area contributed by atoms with Crippen LogP contribution in [0.4, 0.5) is 8.78 Å². The molecule has 0 bridgehead atoms. The SMILES string of the molecule is Cc1ccc(C(=O)CN(CCO)CC(F)F)cc1C. The lowest BCUT2D eigenvalue weighted by atomic mass is 10.0. The first-order valence-electron chi connectivity index (χ1n) is 6.16. The van der Waals surface area contributed by atoms with E-state index < -0.39 is 13.0 Å². The highest BCUT2D eigenvalue weighted by molar-refractivity contribution is 5.97. The first kappa shape index (κ1) is 15.7. The van der Waals surface area contributed by atoms with E-state index in [-0.39, 0.29) is 25.5 Å². The minimum absolute atomic E-state index is 0.0704. The summed E-state index contributed by atoms with van der Waals surface area (Å²) < 4.78 is 24.7. The average molecular weight is 271 g/mol. The number of hydrogen-bond acceptors (Lipinski definition) is 3. The highest BCUT2D eigenvalue weighted by Gasteiger charge is 2.16. The number of alkyl halides is 2. The van der Waals surface area contributed by atoms with E-state index in [2.05, 4.69) is 0 Å². The number of carbonyl (C=O) groups is 1. The molecular formula is C14H19F2NO2. The number of aryl methyl sites for hydroxylation is 2. The van der Waals surface area contributed by atoms with E-state index in [1.54, 1.807) is 12.1 Å². The van der Waals surface area contributed by atoms with Gasteiger partial charge in [-0.05, 0) is 31.0 Å². The number of hydrogen-bond donors (Lipinski definition) is 1. The Kier molecular flexibility index (Phi) is 6.05. The van der Waals surface area contributed by atoms with Gasteiger partial charge in [-0.3, -0.25) is 9.69 Å². The van der Waals surface area contributed by atoms with Crippen molar-refractivity contribution in [1.82, 2.24) is 4.90 Å². The standard InChI is InChI=1S/C14H19F2NO2/c1-10-3-4-12(7-11(10)2)13(19)8-17(5-6-18)9-14(15)16/h3-4,7,14,18H,5-6,8-9H2,1-2H3. The van der Waals surface area contributed by atoms with Crippen LogP contribution in [-0.4, -0.2) is 48.5 Å². The molecule has 106 valence electrons. The number of halogens is 2. The maximum atomic E-state index is 12.3. The zero-order chi connectivity index (χ0) is 14.4. The van der Waals surface area contributed by atoms with Gasteiger partial charge in [0.25, 0.3) is 6.43 Å². The lowest BCUT2D eigenvalue weighted by molar-refractivity contribution is 0.0689. The van der Waals surface area contributed by atoms with Crippen LogP contribution in [0, 0.1) is 13.8 Å². The summed E-state index contributed by atoms with van der Waals surface area (Å²) in [6.45, 7) is 3.06. The van der Waals surface area contributed by atoms with E-state index in [4.69, 9.17) is 5.11 Å². The Morgan fingerprint density at radius 1 is 1.32 bits per heavy atom. The third-order valence-corrected chi connectivity index (χ3v) is 3.01. The van der Waals surface area contributed by atoms with E-state index in [0.29, 0.717) is 5.56 Å². The van der Waals surface area contributed by atoms with E-state index in [1.165, 1.54) is 4.90 Å². The minimum atomic E-state index is -2.51. The Morgan fingerprint density at radius 2 is 2.00 bits per heavy atom. The van der Waals surface area contributed by atoms with Crippen LogP contribution in [0.3, 0.4) is 0 Å². The van der Waals surface area contributed by atoms with Crippen LogP contribution in [0.1, 0.15) is 21.5 Å². The first-order valence-corrected chi connectivity index (χ1v) is 6.16. The fourth-order valence-corrected chi connectivity index (χ4v) is 1.78. The predicted octanol–water partition coefficient (Wildman–Crippen LogP) is 2.05. The highest BCUT2D eigenvalue weighted by Crippen LogP contribution is 2.11. The van der Waals surface area contributed by atoms with Crippen molar-refractivity contribution in [3.63, 3.8) is 0 Å². The summed E-state index contributed by atoms with van der Waals surface area (Å²) >= 11 is 0. The molecule has 5 heteroatoms. The summed E-state index contributed by atoms with van der Waals surface area (Å²) in [6, 6.07) is 5.30. The number of benzene rings is 1. The molecule has 0 fully saturated rings. The molecule has 0 atom stereocenters. The molecule has 19 heavy (non-hydrogen) atoms. The monoisotopic (exact) mass is 271 g/mol. The number of aliphatic hydroxyl groups is 1. The van der Waals surface area contributed by atoms with Crippen molar-refractivity contribution in [1.29, 1.82) is 0 Å². The Balaban J connectivity index is 2.72. The molecule has 0 saturated carbocycles. The van der Waals surface area contributed by atoms with Crippen LogP contribution in [0.5, 0.6) is 0 Å². The summed E-state index contributed by atoms with van der Waals surface area (Å²) in [7, 11) is 0. The smallest absolute Gasteiger partial charge is 0.251 e. The van der Waals surface area contributed by atoms with Gasteiger partial charge in [-0.2, -0.15) is 0 Å². The summed E-state index contributed by atoms with van der Waals surface area (Å²) in [5.74, 6) is -0.211. The summed E-state index contributed by atoms with van der Waals surface area (Å²) in [6.07, 6.45) is -2.51. The zero-order valence-electron chi connectivity index (χ0n) is 11.2. The Hall–Kier alpha value is -1.33. The first-order chi connectivity index (χ1) is 8.93. The third-order valence-electron chi connectivity index (χ3n) is 3.01. The van der Waals surface area contributed by atoms with Crippen LogP contribution in [0.15, 0.2) is 18.2 Å². The Bertz CT molecular complexity index is 435. The van der Waals surface area contributed by atoms with Gasteiger partial charge in [0.15, 0.2) is 5.78 Å². The number of Topliss-reactive ketones (excluding diaryl/α,β-unsaturated/α-hetero) is 1. The van der Waals surface area contributed by atoms with Crippen LogP contribution in [0.2, 0.25) is 0 Å². The molecule has 0 aliphatic rings. The molecule has 0 aliphatic carbocycles. The molecule has 0 spiro atoms. The van der Waals surface area contributed by atoms with Crippen molar-refractivity contribution in [2.24, 2.45) is 0 Å². The number of nitrogens with zero attached hydrogens (tertiary/aromatic N) is 1. The summed E-state index contributed by atoms with van der Waals surface area (Å²) in [5, 5.41) is 8.82. The molecule has 0 unspecified atom stereocenters. The molecule has 0 radical (unpaired) electrons. The second-order valence-corrected chi connectivity index (χ2v) is 4.57. The van der Waals surface area contributed by atoms with Crippen molar-refractivity contribution < 1.29 is 18.7 Å². The maximum Gasteiger partial charge on any atom is 0.251 e. The van der Waals surface area contributed by atoms with Crippen molar-refractivity contribution in [3.05, 3.63) is 34.9 Å². The third kappa shape index (κ3) is 5.04. The molecule has 3 nitrogen and oxygen atoms in total. The number of carbonyl (C=O) groups excluding carboxylic acids is 1. The molecule has 0 heterocycles. The van der Waals surface area contributed by atoms with Gasteiger partial charge in [0, 0.05) is 12.1 Å². The second-order valence-electron chi connectivity index (χ2n) is 4.57. The minimum Gasteiger partial charge on any atom is -0.395 e. The van der Waals surface area contributed by atoms with E-state index in [9.17, 15) is 13.6 Å². The second kappa shape index (κ2) is 7.31. The summed E-state index contributed by atoms with van der Waals surface area (Å²) in [4.78, 5) is 13.3. The van der Waals surface area contributed by atoms with Gasteiger partial charge in [0.2, 0.25) is 0 Å². The number of aliphatic hydroxyl groups excluding tert-OH is 1. The van der Waals surface area contributed by atoms with Crippen molar-refractivity contribution in [2.45, 2.75) is 20.3 Å². The normalized spacial score (nSPS) is 11.3. The van der Waals surface area contributed by atoms with Crippen molar-refractivity contribution in [2.75, 3.05) is 26.2 Å². The molecule has 0 aromatic heterocycles. The number of rotatable bonds is 7. The van der Waals surface area contributed by atoms with Gasteiger partial charge in [0.1, 0.15) is 0 Å². The van der Waals surface area contributed by atoms with Gasteiger partial charge >= 0.3 is 0 Å². The fraction of sp³-hybridized carbons (Fsp3) is 0.500. The van der Waals surface area contributed by atoms with Gasteiger partial charge in [-0.25, -0.2) is 8.78 Å². The molecule has 0 saturated heterocycles. The molecule has 1 aromatic carbocycles. The number of ketones is 1. The summed E-state index contributed by atoms with van der Waals surface area (Å²) in [5.41, 5.74) is 2.59. The van der Waals surface area contributed by atoms with Gasteiger partial charge in [-0.1, -0.05) is 12.1 Å². The van der Waals surface area contributed by atoms with Gasteiger partial charge in [-0.15, -0.1) is 0 Å². The van der Waals surface area contributed by atoms with Crippen LogP contribution in [0.25, 0.3) is 0 Å². The van der Waals surface area contributed by atoms with Crippen LogP contribution >= 0.6 is 0 Å². The van der Waals surface area contributed by atoms with Crippen LogP contribution in [-0.2, 0) is 0 Å². The quantitative estimate of drug-likeness (QED) is 0.772. The fourth-order valence-electron chi connectivity index (χ4n) is 1.78. The van der Waals surface area contributed by atoms with E-state index in [0.717, 1.165) is 11.1 Å². The van der Waals surface area contributed by atoms with Crippen molar-refractivity contribution >= 4 is 5.78 Å². The van der Waals surface area contributed by atoms with Crippen LogP contribution < -0.4 is 0 Å². The van der Waals surface area contributed by atoms with E-state index >= 15 is 0 Å². The predicted molar refractivity (Wildman–Crippen MR) is 69.8 cm³/mol. The molecular weight excluding hydrogens is 252 g/mol. The molecule has 1 N–H and O–H groups in total. The highest BCUT2D eigenvalue weighted by atomic mass is 19.3. The Labute approximate surface area is 111 Å². The topological polar surface area (TPSA) is 40.5 Å². The Morgan fingerprint density at radius 3 is 2.53 bits per heavy atom. The lowest BCUT2D eigenvalue weighted by Gasteiger charge is -2.20. The average Bonchev–Trinajstić information content (AvgIpc) is 2.32. The largest absolute Gasteiger partial charge is 0.395 e. The molecule has 0 aliphatic heterocycles. The van der Waals surface area contributed by atoms with E-state index in [1.807, 2.05) is 19.9 Å². The molecule has 0 amide bonds. The zero-order valence-corrected chi connectivity index (χ0v) is 11.2. The van der Waals surface area contributed by atoms with Crippen molar-refractivity contribution in [3.8, 4) is 0 Å². The molecule has 1 aromatic rings. The van der Waals surface area contributed by atoms with Gasteiger partial charge < -0.3 is 5.11 Å².